The summed E-state index contributed by atoms with van der Waals surface area (Å²) < 4.78 is 14.8. The van der Waals surface area contributed by atoms with E-state index in [-0.39, 0.29) is 33.9 Å². The number of non-ortho nitro benzene ring substituents is 1. The van der Waals surface area contributed by atoms with Crippen LogP contribution in [0.2, 0.25) is 5.02 Å². The van der Waals surface area contributed by atoms with Crippen molar-refractivity contribution in [1.82, 2.24) is 14.8 Å². The number of amides is 1. The highest BCUT2D eigenvalue weighted by molar-refractivity contribution is 7.99. The number of anilines is 1. The van der Waals surface area contributed by atoms with Crippen molar-refractivity contribution in [2.75, 3.05) is 11.1 Å². The van der Waals surface area contributed by atoms with E-state index in [4.69, 9.17) is 11.6 Å². The van der Waals surface area contributed by atoms with Gasteiger partial charge in [-0.15, -0.1) is 10.2 Å². The van der Waals surface area contributed by atoms with Crippen LogP contribution in [0.4, 0.5) is 15.8 Å². The number of hydrogen-bond donors (Lipinski definition) is 1. The first-order chi connectivity index (χ1) is 13.3. The van der Waals surface area contributed by atoms with E-state index in [0.29, 0.717) is 16.5 Å². The first-order valence-electron chi connectivity index (χ1n) is 7.87. The Kier molecular flexibility index (Phi) is 5.90. The second-order valence-corrected chi connectivity index (χ2v) is 6.98. The molecule has 0 spiro atoms. The molecule has 8 nitrogen and oxygen atoms in total. The maximum atomic E-state index is 13.1. The van der Waals surface area contributed by atoms with Crippen molar-refractivity contribution in [1.29, 1.82) is 0 Å². The van der Waals surface area contributed by atoms with Crippen LogP contribution in [0.3, 0.4) is 0 Å². The summed E-state index contributed by atoms with van der Waals surface area (Å²) in [5, 5.41) is 22.0. The summed E-state index contributed by atoms with van der Waals surface area (Å²) in [6, 6.07) is 9.65. The molecule has 0 atom stereocenters. The maximum Gasteiger partial charge on any atom is 0.271 e. The Morgan fingerprint density at radius 1 is 1.29 bits per heavy atom. The van der Waals surface area contributed by atoms with Crippen LogP contribution in [0.25, 0.3) is 11.4 Å². The summed E-state index contributed by atoms with van der Waals surface area (Å²) in [5.41, 5.74) is 0.818. The number of nitrogens with one attached hydrogen (secondary N) is 1. The zero-order chi connectivity index (χ0) is 20.3. The van der Waals surface area contributed by atoms with Gasteiger partial charge in [-0.25, -0.2) is 4.39 Å². The number of nitro benzene ring substituents is 1. The summed E-state index contributed by atoms with van der Waals surface area (Å²) in [6.45, 7) is 0. The second kappa shape index (κ2) is 8.36. The molecule has 3 aromatic rings. The molecule has 0 fully saturated rings. The maximum absolute atomic E-state index is 13.1. The molecule has 0 radical (unpaired) electrons. The van der Waals surface area contributed by atoms with Crippen LogP contribution in [0, 0.1) is 15.9 Å². The van der Waals surface area contributed by atoms with Crippen LogP contribution in [-0.4, -0.2) is 31.3 Å². The number of carbonyl (C=O) groups excluding carboxylic acids is 1. The van der Waals surface area contributed by atoms with Gasteiger partial charge in [0.2, 0.25) is 5.91 Å². The minimum atomic E-state index is -0.569. The van der Waals surface area contributed by atoms with E-state index in [9.17, 15) is 19.3 Å². The second-order valence-electron chi connectivity index (χ2n) is 5.63. The number of nitrogens with zero attached hydrogens (tertiary/aromatic N) is 4. The molecule has 1 N–H and O–H groups in total. The highest BCUT2D eigenvalue weighted by Crippen LogP contribution is 2.27. The summed E-state index contributed by atoms with van der Waals surface area (Å²) in [4.78, 5) is 22.3. The summed E-state index contributed by atoms with van der Waals surface area (Å²) in [6.07, 6.45) is 0. The fraction of sp³-hybridized carbons (Fsp3) is 0.118. The Hall–Kier alpha value is -2.98. The summed E-state index contributed by atoms with van der Waals surface area (Å²) in [7, 11) is 1.74. The van der Waals surface area contributed by atoms with Gasteiger partial charge in [-0.1, -0.05) is 23.4 Å². The first-order valence-corrected chi connectivity index (χ1v) is 9.23. The molecule has 0 aliphatic carbocycles. The Bertz CT molecular complexity index is 1040. The standard InChI is InChI=1S/C17H13ClFN5O3S/c1-23-16(10-2-4-11(19)5-3-10)21-22-17(23)28-9-15(25)20-14-7-6-12(24(26)27)8-13(14)18/h2-8H,9H2,1H3,(H,20,25). The average Bonchev–Trinajstić information content (AvgIpc) is 3.03. The molecular formula is C17H13ClFN5O3S. The molecular weight excluding hydrogens is 409 g/mol. The van der Waals surface area contributed by atoms with Crippen LogP contribution in [0.15, 0.2) is 47.6 Å². The molecule has 2 aromatic carbocycles. The Morgan fingerprint density at radius 2 is 2.00 bits per heavy atom. The zero-order valence-corrected chi connectivity index (χ0v) is 16.0. The molecule has 28 heavy (non-hydrogen) atoms. The number of nitro groups is 1. The third-order valence-electron chi connectivity index (χ3n) is 3.71. The molecule has 0 saturated heterocycles. The monoisotopic (exact) mass is 421 g/mol. The summed E-state index contributed by atoms with van der Waals surface area (Å²) in [5.74, 6) is -0.126. The topological polar surface area (TPSA) is 103 Å². The van der Waals surface area contributed by atoms with Gasteiger partial charge >= 0.3 is 0 Å². The average molecular weight is 422 g/mol. The lowest BCUT2D eigenvalue weighted by Gasteiger charge is -2.07. The zero-order valence-electron chi connectivity index (χ0n) is 14.4. The smallest absolute Gasteiger partial charge is 0.271 e. The van der Waals surface area contributed by atoms with Crippen molar-refractivity contribution in [3.8, 4) is 11.4 Å². The molecule has 0 bridgehead atoms. The van der Waals surface area contributed by atoms with Crippen LogP contribution >= 0.6 is 23.4 Å². The number of halogens is 2. The predicted octanol–water partition coefficient (Wildman–Crippen LogP) is 3.91. The van der Waals surface area contributed by atoms with Crippen LogP contribution < -0.4 is 5.32 Å². The summed E-state index contributed by atoms with van der Waals surface area (Å²) >= 11 is 7.12. The minimum Gasteiger partial charge on any atom is -0.324 e. The Morgan fingerprint density at radius 3 is 2.64 bits per heavy atom. The van der Waals surface area contributed by atoms with E-state index in [0.717, 1.165) is 11.8 Å². The number of hydrogen-bond acceptors (Lipinski definition) is 6. The van der Waals surface area contributed by atoms with Gasteiger partial charge in [0.25, 0.3) is 5.69 Å². The molecule has 3 rings (SSSR count). The highest BCUT2D eigenvalue weighted by atomic mass is 35.5. The lowest BCUT2D eigenvalue weighted by atomic mass is 10.2. The Balaban J connectivity index is 1.64. The van der Waals surface area contributed by atoms with E-state index in [1.165, 1.54) is 30.3 Å². The minimum absolute atomic E-state index is 0.0305. The van der Waals surface area contributed by atoms with Crippen LogP contribution in [0.1, 0.15) is 0 Å². The van der Waals surface area contributed by atoms with E-state index < -0.39 is 4.92 Å². The van der Waals surface area contributed by atoms with Crippen molar-refractivity contribution in [2.45, 2.75) is 5.16 Å². The fourth-order valence-electron chi connectivity index (χ4n) is 2.33. The van der Waals surface area contributed by atoms with Crippen LogP contribution in [-0.2, 0) is 11.8 Å². The van der Waals surface area contributed by atoms with Gasteiger partial charge in [-0.05, 0) is 30.3 Å². The van der Waals surface area contributed by atoms with Crippen LogP contribution in [0.5, 0.6) is 0 Å². The van der Waals surface area contributed by atoms with Gasteiger partial charge in [-0.3, -0.25) is 14.9 Å². The number of rotatable bonds is 6. The molecule has 144 valence electrons. The molecule has 1 amide bonds. The number of thioether (sulfide) groups is 1. The largest absolute Gasteiger partial charge is 0.324 e. The Labute approximate surface area is 167 Å². The molecule has 0 saturated carbocycles. The third-order valence-corrected chi connectivity index (χ3v) is 5.04. The van der Waals surface area contributed by atoms with Gasteiger partial charge in [0.15, 0.2) is 11.0 Å². The van der Waals surface area contributed by atoms with Gasteiger partial charge in [-0.2, -0.15) is 0 Å². The molecule has 0 aliphatic heterocycles. The van der Waals surface area contributed by atoms with Crippen molar-refractivity contribution < 1.29 is 14.1 Å². The van der Waals surface area contributed by atoms with Gasteiger partial charge < -0.3 is 9.88 Å². The van der Waals surface area contributed by atoms with Crippen molar-refractivity contribution in [2.24, 2.45) is 7.05 Å². The lowest BCUT2D eigenvalue weighted by molar-refractivity contribution is -0.384. The quantitative estimate of drug-likeness (QED) is 0.367. The molecule has 0 aliphatic rings. The van der Waals surface area contributed by atoms with Crippen molar-refractivity contribution in [3.63, 3.8) is 0 Å². The molecule has 11 heteroatoms. The molecule has 1 heterocycles. The number of carbonyl (C=O) groups is 1. The highest BCUT2D eigenvalue weighted by Gasteiger charge is 2.15. The molecule has 1 aromatic heterocycles. The number of aromatic nitrogens is 3. The predicted molar refractivity (Wildman–Crippen MR) is 104 cm³/mol. The van der Waals surface area contributed by atoms with E-state index >= 15 is 0 Å². The van der Waals surface area contributed by atoms with E-state index in [1.807, 2.05) is 0 Å². The van der Waals surface area contributed by atoms with Crippen molar-refractivity contribution >= 4 is 40.6 Å². The third kappa shape index (κ3) is 4.46. The van der Waals surface area contributed by atoms with E-state index in [1.54, 1.807) is 23.7 Å². The van der Waals surface area contributed by atoms with E-state index in [2.05, 4.69) is 15.5 Å². The van der Waals surface area contributed by atoms with Gasteiger partial charge in [0, 0.05) is 24.7 Å². The fourth-order valence-corrected chi connectivity index (χ4v) is 3.26. The normalized spacial score (nSPS) is 10.7. The lowest BCUT2D eigenvalue weighted by Crippen LogP contribution is -2.14. The number of benzene rings is 2. The van der Waals surface area contributed by atoms with Crippen molar-refractivity contribution in [3.05, 3.63) is 63.4 Å². The van der Waals surface area contributed by atoms with Gasteiger partial charge in [0.1, 0.15) is 5.82 Å². The van der Waals surface area contributed by atoms with Gasteiger partial charge in [0.05, 0.1) is 21.4 Å². The molecule has 0 unspecified atom stereocenters. The first kappa shape index (κ1) is 19.8. The SMILES string of the molecule is Cn1c(SCC(=O)Nc2ccc([N+](=O)[O-])cc2Cl)nnc1-c1ccc(F)cc1.